The highest BCUT2D eigenvalue weighted by Gasteiger charge is 2.33. The zero-order valence-electron chi connectivity index (χ0n) is 21.7. The average Bonchev–Trinajstić information content (AvgIpc) is 3.52. The number of hydrogen-bond donors (Lipinski definition) is 0. The summed E-state index contributed by atoms with van der Waals surface area (Å²) in [7, 11) is 0. The van der Waals surface area contributed by atoms with Crippen LogP contribution >= 0.6 is 0 Å². The molecular formula is C34H24N2O4. The number of rotatable bonds is 6. The standard InChI is InChI=1S/C34H24N2O4/c1-34(25-9-7-24(8-10-25)23-5-3-2-4-6-23,26-11-15-28(16-12-26)35-30(37)19-20-31(35)38)27-13-17-29(18-14-27)36-32(39)21-22-33(36)40/h2-22H,1H3. The van der Waals surface area contributed by atoms with Crippen LogP contribution in [0.25, 0.3) is 11.1 Å². The van der Waals surface area contributed by atoms with Crippen molar-refractivity contribution in [3.8, 4) is 11.1 Å². The van der Waals surface area contributed by atoms with Crippen molar-refractivity contribution in [1.82, 2.24) is 0 Å². The van der Waals surface area contributed by atoms with Crippen LogP contribution in [-0.4, -0.2) is 23.6 Å². The van der Waals surface area contributed by atoms with E-state index in [1.165, 1.54) is 24.3 Å². The summed E-state index contributed by atoms with van der Waals surface area (Å²) < 4.78 is 0. The van der Waals surface area contributed by atoms with E-state index in [-0.39, 0.29) is 23.6 Å². The Morgan fingerprint density at radius 2 is 0.750 bits per heavy atom. The molecule has 2 aliphatic rings. The Morgan fingerprint density at radius 1 is 0.425 bits per heavy atom. The first-order valence-corrected chi connectivity index (χ1v) is 12.9. The molecule has 0 aliphatic carbocycles. The van der Waals surface area contributed by atoms with Crippen molar-refractivity contribution in [2.45, 2.75) is 12.3 Å². The fourth-order valence-electron chi connectivity index (χ4n) is 5.32. The quantitative estimate of drug-likeness (QED) is 0.244. The second-order valence-electron chi connectivity index (χ2n) is 9.85. The summed E-state index contributed by atoms with van der Waals surface area (Å²) in [6, 6.07) is 33.3. The molecule has 0 bridgehead atoms. The van der Waals surface area contributed by atoms with Crippen LogP contribution in [0.15, 0.2) is 127 Å². The van der Waals surface area contributed by atoms with Gasteiger partial charge in [0.15, 0.2) is 0 Å². The molecule has 0 saturated carbocycles. The van der Waals surface area contributed by atoms with Crippen LogP contribution in [0.1, 0.15) is 23.6 Å². The van der Waals surface area contributed by atoms with E-state index in [1.54, 1.807) is 24.3 Å². The normalized spacial score (nSPS) is 15.0. The van der Waals surface area contributed by atoms with E-state index >= 15 is 0 Å². The van der Waals surface area contributed by atoms with Gasteiger partial charge in [-0.3, -0.25) is 19.2 Å². The van der Waals surface area contributed by atoms with Crippen LogP contribution in [0, 0.1) is 0 Å². The fourth-order valence-corrected chi connectivity index (χ4v) is 5.32. The van der Waals surface area contributed by atoms with Crippen molar-refractivity contribution >= 4 is 35.0 Å². The Balaban J connectivity index is 1.42. The lowest BCUT2D eigenvalue weighted by Gasteiger charge is -2.33. The molecule has 0 fully saturated rings. The van der Waals surface area contributed by atoms with Gasteiger partial charge < -0.3 is 0 Å². The summed E-state index contributed by atoms with van der Waals surface area (Å²) in [5, 5.41) is 0. The van der Waals surface area contributed by atoms with Gasteiger partial charge in [0.2, 0.25) is 0 Å². The first-order chi connectivity index (χ1) is 19.4. The molecule has 0 N–H and O–H groups in total. The molecule has 40 heavy (non-hydrogen) atoms. The third-order valence-electron chi connectivity index (χ3n) is 7.59. The van der Waals surface area contributed by atoms with Gasteiger partial charge in [-0.05, 0) is 59.0 Å². The third-order valence-corrected chi connectivity index (χ3v) is 7.59. The van der Waals surface area contributed by atoms with Gasteiger partial charge in [0.05, 0.1) is 11.4 Å². The number of benzene rings is 4. The van der Waals surface area contributed by atoms with E-state index < -0.39 is 5.41 Å². The maximum absolute atomic E-state index is 12.2. The minimum absolute atomic E-state index is 0.368. The first kappa shape index (κ1) is 24.9. The van der Waals surface area contributed by atoms with Crippen LogP contribution < -0.4 is 9.80 Å². The first-order valence-electron chi connectivity index (χ1n) is 12.9. The van der Waals surface area contributed by atoms with Crippen molar-refractivity contribution in [2.75, 3.05) is 9.80 Å². The van der Waals surface area contributed by atoms with Gasteiger partial charge >= 0.3 is 0 Å². The molecule has 2 aliphatic heterocycles. The monoisotopic (exact) mass is 524 g/mol. The van der Waals surface area contributed by atoms with Gasteiger partial charge in [-0.1, -0.05) is 78.9 Å². The second-order valence-corrected chi connectivity index (χ2v) is 9.85. The van der Waals surface area contributed by atoms with Gasteiger partial charge in [0, 0.05) is 29.7 Å². The van der Waals surface area contributed by atoms with Crippen LogP contribution in [0.2, 0.25) is 0 Å². The molecule has 6 nitrogen and oxygen atoms in total. The molecule has 4 aromatic carbocycles. The van der Waals surface area contributed by atoms with Gasteiger partial charge in [0.1, 0.15) is 0 Å². The average molecular weight is 525 g/mol. The minimum Gasteiger partial charge on any atom is -0.269 e. The van der Waals surface area contributed by atoms with Crippen LogP contribution in [0.5, 0.6) is 0 Å². The topological polar surface area (TPSA) is 74.8 Å². The smallest absolute Gasteiger partial charge is 0.258 e. The minimum atomic E-state index is -0.638. The largest absolute Gasteiger partial charge is 0.269 e. The Kier molecular flexibility index (Phi) is 6.08. The molecule has 0 radical (unpaired) electrons. The lowest BCUT2D eigenvalue weighted by atomic mass is 9.71. The van der Waals surface area contributed by atoms with E-state index in [9.17, 15) is 19.2 Å². The van der Waals surface area contributed by atoms with Crippen molar-refractivity contribution in [3.05, 3.63) is 144 Å². The summed E-state index contributed by atoms with van der Waals surface area (Å²) in [6.45, 7) is 2.11. The number of carbonyl (C=O) groups excluding carboxylic acids is 4. The van der Waals surface area contributed by atoms with Gasteiger partial charge in [-0.25, -0.2) is 9.80 Å². The van der Waals surface area contributed by atoms with Gasteiger partial charge in [-0.2, -0.15) is 0 Å². The number of amides is 4. The maximum atomic E-state index is 12.2. The molecule has 0 aromatic heterocycles. The Morgan fingerprint density at radius 3 is 1.12 bits per heavy atom. The molecule has 6 heteroatoms. The molecule has 0 saturated heterocycles. The molecule has 0 atom stereocenters. The van der Waals surface area contributed by atoms with Crippen LogP contribution in [-0.2, 0) is 24.6 Å². The number of imide groups is 2. The highest BCUT2D eigenvalue weighted by Crippen LogP contribution is 2.41. The van der Waals surface area contributed by atoms with Crippen LogP contribution in [0.3, 0.4) is 0 Å². The molecule has 0 unspecified atom stereocenters. The molecule has 194 valence electrons. The number of carbonyl (C=O) groups is 4. The molecule has 2 heterocycles. The van der Waals surface area contributed by atoms with Crippen molar-refractivity contribution in [3.63, 3.8) is 0 Å². The zero-order valence-corrected chi connectivity index (χ0v) is 21.7. The fraction of sp³-hybridized carbons (Fsp3) is 0.0588. The number of hydrogen-bond acceptors (Lipinski definition) is 4. The maximum Gasteiger partial charge on any atom is 0.258 e. The third kappa shape index (κ3) is 4.16. The lowest BCUT2D eigenvalue weighted by Crippen LogP contribution is -2.30. The predicted octanol–water partition coefficient (Wildman–Crippen LogP) is 5.57. The summed E-state index contributed by atoms with van der Waals surface area (Å²) in [4.78, 5) is 51.1. The zero-order chi connectivity index (χ0) is 27.9. The molecule has 6 rings (SSSR count). The lowest BCUT2D eigenvalue weighted by molar-refractivity contribution is -0.121. The van der Waals surface area contributed by atoms with E-state index in [0.29, 0.717) is 11.4 Å². The Hall–Kier alpha value is -5.36. The van der Waals surface area contributed by atoms with E-state index in [4.69, 9.17) is 0 Å². The summed E-state index contributed by atoms with van der Waals surface area (Å²) >= 11 is 0. The van der Waals surface area contributed by atoms with E-state index in [1.807, 2.05) is 42.5 Å². The van der Waals surface area contributed by atoms with Crippen LogP contribution in [0.4, 0.5) is 11.4 Å². The molecule has 0 spiro atoms. The van der Waals surface area contributed by atoms with E-state index in [2.05, 4.69) is 43.3 Å². The SMILES string of the molecule is CC(c1ccc(-c2ccccc2)cc1)(c1ccc(N2C(=O)C=CC2=O)cc1)c1ccc(N2C(=O)C=CC2=O)cc1. The van der Waals surface area contributed by atoms with Crippen molar-refractivity contribution < 1.29 is 19.2 Å². The highest BCUT2D eigenvalue weighted by atomic mass is 16.2. The van der Waals surface area contributed by atoms with Crippen molar-refractivity contribution in [2.24, 2.45) is 0 Å². The van der Waals surface area contributed by atoms with Crippen molar-refractivity contribution in [1.29, 1.82) is 0 Å². The predicted molar refractivity (Wildman–Crippen MR) is 154 cm³/mol. The summed E-state index contributed by atoms with van der Waals surface area (Å²) in [5.41, 5.74) is 5.48. The molecule has 4 amide bonds. The second kappa shape index (κ2) is 9.75. The Bertz CT molecular complexity index is 1580. The highest BCUT2D eigenvalue weighted by molar-refractivity contribution is 6.28. The molecular weight excluding hydrogens is 500 g/mol. The van der Waals surface area contributed by atoms with E-state index in [0.717, 1.165) is 37.6 Å². The summed E-state index contributed by atoms with van der Waals surface area (Å²) in [6.07, 6.45) is 5.06. The Labute approximate surface area is 231 Å². The number of anilines is 2. The number of nitrogens with zero attached hydrogens (tertiary/aromatic N) is 2. The molecule has 4 aromatic rings. The summed E-state index contributed by atoms with van der Waals surface area (Å²) in [5.74, 6) is -1.47. The van der Waals surface area contributed by atoms with Gasteiger partial charge in [-0.15, -0.1) is 0 Å². The van der Waals surface area contributed by atoms with Gasteiger partial charge in [0.25, 0.3) is 23.6 Å².